The zero-order chi connectivity index (χ0) is 25.0. The topological polar surface area (TPSA) is 71.1 Å². The third-order valence-corrected chi connectivity index (χ3v) is 4.65. The van der Waals surface area contributed by atoms with Crippen molar-refractivity contribution in [3.63, 3.8) is 0 Å². The number of hydrogen-bond acceptors (Lipinski definition) is 6. The van der Waals surface area contributed by atoms with Crippen molar-refractivity contribution in [2.45, 2.75) is 6.92 Å². The van der Waals surface area contributed by atoms with Gasteiger partial charge in [-0.1, -0.05) is 61.7 Å². The Bertz CT molecular complexity index is 1230. The summed E-state index contributed by atoms with van der Waals surface area (Å²) in [6, 6.07) is 23.3. The minimum Gasteiger partial charge on any atom is -0.462 e. The van der Waals surface area contributed by atoms with Gasteiger partial charge in [0, 0.05) is 11.6 Å². The molecule has 0 aliphatic carbocycles. The quantitative estimate of drug-likeness (QED) is 0.190. The first-order chi connectivity index (χ1) is 17.0. The molecular formula is C29H24O6. The molecule has 0 bridgehead atoms. The summed E-state index contributed by atoms with van der Waals surface area (Å²) in [6.07, 6.45) is 6.00. The summed E-state index contributed by atoms with van der Waals surface area (Å²) in [4.78, 5) is 22.3. The molecule has 0 saturated heterocycles. The molecule has 176 valence electrons. The standard InChI is InChI=1S/C29H24O6/c1-4-28(30)34-19-17-32-26-13-9-24(10-14-26)22-5-7-23(8-6-22)25-11-15-27(16-12-25)33-18-20-35-29(31)21(2)3/h4-20H,1-2H2,3H3. The smallest absolute Gasteiger partial charge is 0.338 e. The van der Waals surface area contributed by atoms with Gasteiger partial charge in [0.1, 0.15) is 36.5 Å². The molecule has 35 heavy (non-hydrogen) atoms. The van der Waals surface area contributed by atoms with Gasteiger partial charge in [0.15, 0.2) is 0 Å². The molecule has 0 aliphatic rings. The van der Waals surface area contributed by atoms with Crippen molar-refractivity contribution in [3.05, 3.63) is 123 Å². The monoisotopic (exact) mass is 468 g/mol. The Labute approximate surface area is 204 Å². The van der Waals surface area contributed by atoms with E-state index in [9.17, 15) is 9.59 Å². The Kier molecular flexibility index (Phi) is 8.79. The van der Waals surface area contributed by atoms with Crippen LogP contribution in [0.2, 0.25) is 0 Å². The van der Waals surface area contributed by atoms with Gasteiger partial charge < -0.3 is 18.9 Å². The van der Waals surface area contributed by atoms with Gasteiger partial charge in [-0.05, 0) is 53.4 Å². The summed E-state index contributed by atoms with van der Waals surface area (Å²) in [5, 5.41) is 0. The molecule has 0 fully saturated rings. The summed E-state index contributed by atoms with van der Waals surface area (Å²) in [7, 11) is 0. The van der Waals surface area contributed by atoms with Crippen molar-refractivity contribution in [2.75, 3.05) is 0 Å². The molecule has 6 nitrogen and oxygen atoms in total. The fourth-order valence-corrected chi connectivity index (χ4v) is 2.85. The molecule has 0 heterocycles. The van der Waals surface area contributed by atoms with Gasteiger partial charge in [0.25, 0.3) is 0 Å². The van der Waals surface area contributed by atoms with Crippen molar-refractivity contribution in [1.82, 2.24) is 0 Å². The van der Waals surface area contributed by atoms with E-state index in [0.29, 0.717) is 17.1 Å². The van der Waals surface area contributed by atoms with Crippen molar-refractivity contribution >= 4 is 11.9 Å². The van der Waals surface area contributed by atoms with Crippen LogP contribution in [0.25, 0.3) is 22.3 Å². The van der Waals surface area contributed by atoms with Crippen molar-refractivity contribution in [2.24, 2.45) is 0 Å². The van der Waals surface area contributed by atoms with Gasteiger partial charge in [-0.25, -0.2) is 9.59 Å². The van der Waals surface area contributed by atoms with Gasteiger partial charge >= 0.3 is 11.9 Å². The number of carbonyl (C=O) groups excluding carboxylic acids is 2. The number of hydrogen-bond donors (Lipinski definition) is 0. The average molecular weight is 469 g/mol. The summed E-state index contributed by atoms with van der Waals surface area (Å²) in [6.45, 7) is 8.39. The minimum atomic E-state index is -0.552. The van der Waals surface area contributed by atoms with Gasteiger partial charge in [-0.15, -0.1) is 0 Å². The highest BCUT2D eigenvalue weighted by atomic mass is 16.5. The zero-order valence-electron chi connectivity index (χ0n) is 19.2. The molecule has 6 heteroatoms. The highest BCUT2D eigenvalue weighted by molar-refractivity contribution is 5.87. The van der Waals surface area contributed by atoms with E-state index in [1.807, 2.05) is 72.8 Å². The fraction of sp³-hybridized carbons (Fsp3) is 0.0345. The molecule has 0 saturated carbocycles. The Morgan fingerprint density at radius 2 is 1.00 bits per heavy atom. The highest BCUT2D eigenvalue weighted by Crippen LogP contribution is 2.27. The average Bonchev–Trinajstić information content (AvgIpc) is 2.89. The van der Waals surface area contributed by atoms with E-state index < -0.39 is 11.9 Å². The van der Waals surface area contributed by atoms with Crippen molar-refractivity contribution in [1.29, 1.82) is 0 Å². The molecule has 3 aromatic rings. The fourth-order valence-electron chi connectivity index (χ4n) is 2.85. The molecule has 0 aromatic heterocycles. The Morgan fingerprint density at radius 3 is 1.37 bits per heavy atom. The van der Waals surface area contributed by atoms with Crippen molar-refractivity contribution in [3.8, 4) is 33.8 Å². The van der Waals surface area contributed by atoms with Gasteiger partial charge in [-0.2, -0.15) is 0 Å². The Hall–Kier alpha value is -4.84. The van der Waals surface area contributed by atoms with Crippen LogP contribution in [0.3, 0.4) is 0 Å². The summed E-state index contributed by atoms with van der Waals surface area (Å²) in [5.74, 6) is 0.170. The van der Waals surface area contributed by atoms with Gasteiger partial charge in [0.2, 0.25) is 0 Å². The largest absolute Gasteiger partial charge is 0.462 e. The van der Waals surface area contributed by atoms with Crippen LogP contribution < -0.4 is 9.47 Å². The Morgan fingerprint density at radius 1 is 0.629 bits per heavy atom. The number of ether oxygens (including phenoxy) is 4. The third-order valence-electron chi connectivity index (χ3n) is 4.65. The molecule has 0 N–H and O–H groups in total. The predicted molar refractivity (Wildman–Crippen MR) is 134 cm³/mol. The maximum atomic E-state index is 11.3. The maximum absolute atomic E-state index is 11.3. The number of carbonyl (C=O) groups is 2. The normalized spacial score (nSPS) is 10.7. The number of rotatable bonds is 10. The molecule has 0 amide bonds. The second-order valence-electron chi connectivity index (χ2n) is 7.23. The van der Waals surface area contributed by atoms with E-state index in [1.54, 1.807) is 6.92 Å². The molecule has 3 rings (SSSR count). The van der Waals surface area contributed by atoms with Crippen LogP contribution in [0.15, 0.2) is 123 Å². The van der Waals surface area contributed by atoms with E-state index >= 15 is 0 Å². The van der Waals surface area contributed by atoms with Crippen LogP contribution in [0.4, 0.5) is 0 Å². The summed E-state index contributed by atoms with van der Waals surface area (Å²) < 4.78 is 20.4. The number of esters is 2. The molecule has 0 unspecified atom stereocenters. The lowest BCUT2D eigenvalue weighted by atomic mass is 10.0. The first kappa shape index (κ1) is 24.8. The lowest BCUT2D eigenvalue weighted by Gasteiger charge is -2.07. The molecule has 0 radical (unpaired) electrons. The molecular weight excluding hydrogens is 444 g/mol. The Balaban J connectivity index is 1.56. The van der Waals surface area contributed by atoms with E-state index in [-0.39, 0.29) is 0 Å². The van der Waals surface area contributed by atoms with E-state index in [0.717, 1.165) is 34.6 Å². The van der Waals surface area contributed by atoms with E-state index in [4.69, 9.17) is 18.9 Å². The second kappa shape index (κ2) is 12.4. The summed E-state index contributed by atoms with van der Waals surface area (Å²) in [5.41, 5.74) is 4.51. The number of benzene rings is 3. The van der Waals surface area contributed by atoms with Crippen LogP contribution in [-0.4, -0.2) is 11.9 Å². The van der Waals surface area contributed by atoms with Crippen molar-refractivity contribution < 1.29 is 28.5 Å². The third kappa shape index (κ3) is 7.61. The van der Waals surface area contributed by atoms with E-state index in [2.05, 4.69) is 13.2 Å². The van der Waals surface area contributed by atoms with Crippen LogP contribution in [0.1, 0.15) is 6.92 Å². The molecule has 0 spiro atoms. The molecule has 0 aliphatic heterocycles. The first-order valence-electron chi connectivity index (χ1n) is 10.6. The SMILES string of the molecule is C=CC(=O)OC=COc1ccc(-c2ccc(-c3ccc(OC=COC(=O)C(=C)C)cc3)cc2)cc1. The van der Waals surface area contributed by atoms with E-state index in [1.165, 1.54) is 18.8 Å². The lowest BCUT2D eigenvalue weighted by molar-refractivity contribution is -0.134. The minimum absolute atomic E-state index is 0.314. The van der Waals surface area contributed by atoms with Gasteiger partial charge in [-0.3, -0.25) is 0 Å². The molecule has 0 atom stereocenters. The highest BCUT2D eigenvalue weighted by Gasteiger charge is 2.03. The maximum Gasteiger partial charge on any atom is 0.338 e. The lowest BCUT2D eigenvalue weighted by Crippen LogP contribution is -1.99. The first-order valence-corrected chi connectivity index (χ1v) is 10.6. The summed E-state index contributed by atoms with van der Waals surface area (Å²) >= 11 is 0. The zero-order valence-corrected chi connectivity index (χ0v) is 19.2. The van der Waals surface area contributed by atoms with Crippen LogP contribution >= 0.6 is 0 Å². The predicted octanol–water partition coefficient (Wildman–Crippen LogP) is 6.57. The second-order valence-corrected chi connectivity index (χ2v) is 7.23. The van der Waals surface area contributed by atoms with Crippen LogP contribution in [-0.2, 0) is 19.1 Å². The molecule has 3 aromatic carbocycles. The van der Waals surface area contributed by atoms with Crippen LogP contribution in [0.5, 0.6) is 11.5 Å². The van der Waals surface area contributed by atoms with Gasteiger partial charge in [0.05, 0.1) is 0 Å². The van der Waals surface area contributed by atoms with Crippen LogP contribution in [0, 0.1) is 0 Å².